The zero-order chi connectivity index (χ0) is 11.2. The largest absolute Gasteiger partial charge is 0.323 e. The van der Waals surface area contributed by atoms with Crippen molar-refractivity contribution in [1.29, 1.82) is 0 Å². The summed E-state index contributed by atoms with van der Waals surface area (Å²) in [5.74, 6) is 0. The summed E-state index contributed by atoms with van der Waals surface area (Å²) < 4.78 is 0. The lowest BCUT2D eigenvalue weighted by Gasteiger charge is -2.06. The molecule has 0 bridgehead atoms. The highest BCUT2D eigenvalue weighted by Gasteiger charge is 2.00. The van der Waals surface area contributed by atoms with Crippen LogP contribution in [-0.2, 0) is 0 Å². The lowest BCUT2D eigenvalue weighted by Crippen LogP contribution is -2.19. The number of para-hydroxylation sites is 2. The Labute approximate surface area is 94.1 Å². The average Bonchev–Trinajstić information content (AvgIpc) is 2.31. The molecule has 0 aliphatic rings. The summed E-state index contributed by atoms with van der Waals surface area (Å²) in [7, 11) is 0. The van der Waals surface area contributed by atoms with E-state index in [9.17, 15) is 4.79 Å². The molecular formula is C13H11N2O. The van der Waals surface area contributed by atoms with Crippen LogP contribution in [0.4, 0.5) is 16.2 Å². The van der Waals surface area contributed by atoms with Crippen molar-refractivity contribution in [2.75, 3.05) is 10.6 Å². The van der Waals surface area contributed by atoms with Gasteiger partial charge >= 0.3 is 6.03 Å². The first kappa shape index (κ1) is 10.2. The third-order valence-corrected chi connectivity index (χ3v) is 1.99. The van der Waals surface area contributed by atoms with Gasteiger partial charge in [0.2, 0.25) is 0 Å². The van der Waals surface area contributed by atoms with Crippen LogP contribution in [0.25, 0.3) is 0 Å². The van der Waals surface area contributed by atoms with Gasteiger partial charge in [-0.1, -0.05) is 36.4 Å². The van der Waals surface area contributed by atoms with Crippen molar-refractivity contribution >= 4 is 17.4 Å². The summed E-state index contributed by atoms with van der Waals surface area (Å²) in [6.07, 6.45) is 0. The van der Waals surface area contributed by atoms with Gasteiger partial charge in [0.05, 0.1) is 5.69 Å². The predicted molar refractivity (Wildman–Crippen MR) is 64.4 cm³/mol. The van der Waals surface area contributed by atoms with Gasteiger partial charge in [-0.3, -0.25) is 0 Å². The van der Waals surface area contributed by atoms with Crippen LogP contribution in [0, 0.1) is 6.07 Å². The van der Waals surface area contributed by atoms with E-state index >= 15 is 0 Å². The normalized spacial score (nSPS) is 9.50. The Balaban J connectivity index is 1.95. The van der Waals surface area contributed by atoms with Crippen LogP contribution in [0.1, 0.15) is 0 Å². The van der Waals surface area contributed by atoms with Crippen molar-refractivity contribution in [2.45, 2.75) is 0 Å². The molecule has 0 aromatic heterocycles. The number of amides is 2. The lowest BCUT2D eigenvalue weighted by molar-refractivity contribution is 0.262. The number of hydrogen-bond donors (Lipinski definition) is 2. The Kier molecular flexibility index (Phi) is 3.18. The van der Waals surface area contributed by atoms with Crippen molar-refractivity contribution in [1.82, 2.24) is 0 Å². The van der Waals surface area contributed by atoms with E-state index in [1.807, 2.05) is 42.5 Å². The van der Waals surface area contributed by atoms with Crippen molar-refractivity contribution in [3.8, 4) is 0 Å². The molecule has 0 spiro atoms. The van der Waals surface area contributed by atoms with E-state index in [-0.39, 0.29) is 6.03 Å². The van der Waals surface area contributed by atoms with Gasteiger partial charge in [0, 0.05) is 11.8 Å². The highest BCUT2D eigenvalue weighted by atomic mass is 16.2. The average molecular weight is 211 g/mol. The van der Waals surface area contributed by atoms with Gasteiger partial charge in [-0.15, -0.1) is 0 Å². The van der Waals surface area contributed by atoms with Gasteiger partial charge in [0.25, 0.3) is 0 Å². The Morgan fingerprint density at radius 3 is 2.38 bits per heavy atom. The molecule has 0 heterocycles. The molecular weight excluding hydrogens is 200 g/mol. The number of anilines is 2. The summed E-state index contributed by atoms with van der Waals surface area (Å²) in [5, 5.41) is 5.41. The Morgan fingerprint density at radius 1 is 0.938 bits per heavy atom. The molecule has 1 radical (unpaired) electrons. The summed E-state index contributed by atoms with van der Waals surface area (Å²) >= 11 is 0. The van der Waals surface area contributed by atoms with Gasteiger partial charge in [-0.05, 0) is 18.2 Å². The summed E-state index contributed by atoms with van der Waals surface area (Å²) in [6.45, 7) is 0. The van der Waals surface area contributed by atoms with Gasteiger partial charge in [0.1, 0.15) is 0 Å². The Bertz CT molecular complexity index is 410. The van der Waals surface area contributed by atoms with E-state index in [0.29, 0.717) is 5.69 Å². The van der Waals surface area contributed by atoms with Crippen LogP contribution in [0.3, 0.4) is 0 Å². The number of carbonyl (C=O) groups is 1. The minimum absolute atomic E-state index is 0.270. The molecule has 0 aliphatic carbocycles. The molecule has 2 rings (SSSR count). The van der Waals surface area contributed by atoms with Crippen LogP contribution in [-0.4, -0.2) is 6.03 Å². The quantitative estimate of drug-likeness (QED) is 0.787. The number of rotatable bonds is 2. The minimum Gasteiger partial charge on any atom is -0.308 e. The maximum atomic E-state index is 11.5. The molecule has 3 nitrogen and oxygen atoms in total. The maximum Gasteiger partial charge on any atom is 0.323 e. The molecule has 2 N–H and O–H groups in total. The smallest absolute Gasteiger partial charge is 0.308 e. The monoisotopic (exact) mass is 211 g/mol. The second-order valence-electron chi connectivity index (χ2n) is 3.22. The summed E-state index contributed by atoms with van der Waals surface area (Å²) in [6, 6.07) is 19.1. The second kappa shape index (κ2) is 4.98. The van der Waals surface area contributed by atoms with Crippen LogP contribution in [0.15, 0.2) is 54.6 Å². The van der Waals surface area contributed by atoms with Crippen molar-refractivity contribution in [2.24, 2.45) is 0 Å². The highest BCUT2D eigenvalue weighted by molar-refractivity contribution is 5.99. The van der Waals surface area contributed by atoms with Crippen molar-refractivity contribution in [3.63, 3.8) is 0 Å². The van der Waals surface area contributed by atoms with Gasteiger partial charge in [-0.25, -0.2) is 4.79 Å². The molecule has 2 aromatic rings. The molecule has 2 amide bonds. The first-order valence-corrected chi connectivity index (χ1v) is 4.94. The lowest BCUT2D eigenvalue weighted by atomic mass is 10.3. The number of hydrogen-bond acceptors (Lipinski definition) is 1. The summed E-state index contributed by atoms with van der Waals surface area (Å²) in [5.41, 5.74) is 1.41. The highest BCUT2D eigenvalue weighted by Crippen LogP contribution is 2.07. The number of urea groups is 1. The van der Waals surface area contributed by atoms with Crippen LogP contribution in [0.2, 0.25) is 0 Å². The van der Waals surface area contributed by atoms with Crippen LogP contribution < -0.4 is 10.6 Å². The Morgan fingerprint density at radius 2 is 1.69 bits per heavy atom. The van der Waals surface area contributed by atoms with E-state index in [4.69, 9.17) is 0 Å². The molecule has 16 heavy (non-hydrogen) atoms. The van der Waals surface area contributed by atoms with E-state index in [1.54, 1.807) is 12.1 Å². The molecule has 0 saturated carbocycles. The number of benzene rings is 2. The standard InChI is InChI=1S/C13H11N2O/c16-13(14-11-7-3-1-4-8-11)15-12-9-5-2-6-10-12/h1-9H,(H2,14,15,16). The predicted octanol–water partition coefficient (Wildman–Crippen LogP) is 3.13. The van der Waals surface area contributed by atoms with Gasteiger partial charge in [-0.2, -0.15) is 0 Å². The fourth-order valence-electron chi connectivity index (χ4n) is 1.28. The number of nitrogens with one attached hydrogen (secondary N) is 2. The van der Waals surface area contributed by atoms with E-state index < -0.39 is 0 Å². The SMILES string of the molecule is O=C(Nc1[c]cccc1)Nc1ccccc1. The second-order valence-corrected chi connectivity index (χ2v) is 3.22. The minimum atomic E-state index is -0.270. The molecule has 2 aromatic carbocycles. The van der Waals surface area contributed by atoms with E-state index in [2.05, 4.69) is 16.7 Å². The first-order valence-electron chi connectivity index (χ1n) is 4.94. The molecule has 79 valence electrons. The molecule has 0 unspecified atom stereocenters. The third kappa shape index (κ3) is 2.85. The van der Waals surface area contributed by atoms with Crippen molar-refractivity contribution in [3.05, 3.63) is 60.7 Å². The molecule has 0 saturated heterocycles. The molecule has 0 atom stereocenters. The van der Waals surface area contributed by atoms with Gasteiger partial charge < -0.3 is 10.6 Å². The van der Waals surface area contributed by atoms with Crippen LogP contribution in [0.5, 0.6) is 0 Å². The van der Waals surface area contributed by atoms with E-state index in [0.717, 1.165) is 5.69 Å². The zero-order valence-corrected chi connectivity index (χ0v) is 8.60. The fourth-order valence-corrected chi connectivity index (χ4v) is 1.28. The van der Waals surface area contributed by atoms with Crippen molar-refractivity contribution < 1.29 is 4.79 Å². The summed E-state index contributed by atoms with van der Waals surface area (Å²) in [4.78, 5) is 11.5. The third-order valence-electron chi connectivity index (χ3n) is 1.99. The van der Waals surface area contributed by atoms with Crippen LogP contribution >= 0.6 is 0 Å². The molecule has 0 aliphatic heterocycles. The molecule has 0 fully saturated rings. The first-order chi connectivity index (χ1) is 7.84. The topological polar surface area (TPSA) is 41.1 Å². The Hall–Kier alpha value is -2.29. The molecule has 3 heteroatoms. The van der Waals surface area contributed by atoms with Gasteiger partial charge in [0.15, 0.2) is 0 Å². The number of carbonyl (C=O) groups excluding carboxylic acids is 1. The maximum absolute atomic E-state index is 11.5. The fraction of sp³-hybridized carbons (Fsp3) is 0. The zero-order valence-electron chi connectivity index (χ0n) is 8.60. The van der Waals surface area contributed by atoms with E-state index in [1.165, 1.54) is 0 Å².